The Kier molecular flexibility index (Phi) is 7.69. The number of carbonyl (C=O) groups excluding carboxylic acids is 1. The van der Waals surface area contributed by atoms with Gasteiger partial charge in [-0.1, -0.05) is 6.07 Å². The maximum atomic E-state index is 12.9. The van der Waals surface area contributed by atoms with E-state index in [0.29, 0.717) is 28.6 Å². The molecule has 1 heterocycles. The quantitative estimate of drug-likeness (QED) is 0.384. The molecule has 1 aliphatic rings. The number of ether oxygens (including phenoxy) is 3. The zero-order chi connectivity index (χ0) is 27.5. The van der Waals surface area contributed by atoms with Crippen molar-refractivity contribution in [1.82, 2.24) is 0 Å². The van der Waals surface area contributed by atoms with Crippen LogP contribution in [0.5, 0.6) is 17.2 Å². The number of nitrogens with one attached hydrogen (secondary N) is 2. The lowest BCUT2D eigenvalue weighted by Gasteiger charge is -2.23. The van der Waals surface area contributed by atoms with Gasteiger partial charge in [0.25, 0.3) is 10.0 Å². The number of nitrogens with zero attached hydrogens (tertiary/aromatic N) is 1. The van der Waals surface area contributed by atoms with Crippen molar-refractivity contribution in [3.8, 4) is 17.2 Å². The Morgan fingerprint density at radius 2 is 1.68 bits per heavy atom. The van der Waals surface area contributed by atoms with E-state index in [1.165, 1.54) is 50.4 Å². The molecule has 0 saturated carbocycles. The van der Waals surface area contributed by atoms with E-state index in [0.717, 1.165) is 9.87 Å². The SMILES string of the molecule is CCS(=O)(=O)N(CC(=O)Nc1ccc(S(=O)(=O)Nc2cc(C)ccc2OC)cc1)c1ccc2c(c1)OCO2. The second kappa shape index (κ2) is 10.8. The van der Waals surface area contributed by atoms with Gasteiger partial charge in [0, 0.05) is 11.8 Å². The van der Waals surface area contributed by atoms with Crippen molar-refractivity contribution in [1.29, 1.82) is 0 Å². The van der Waals surface area contributed by atoms with Crippen molar-refractivity contribution in [2.75, 3.05) is 40.5 Å². The highest BCUT2D eigenvalue weighted by molar-refractivity contribution is 7.93. The summed E-state index contributed by atoms with van der Waals surface area (Å²) in [6, 6.07) is 15.2. The van der Waals surface area contributed by atoms with Gasteiger partial charge in [0.15, 0.2) is 11.5 Å². The van der Waals surface area contributed by atoms with Crippen LogP contribution in [0.1, 0.15) is 12.5 Å². The molecule has 13 heteroatoms. The molecule has 0 atom stereocenters. The van der Waals surface area contributed by atoms with E-state index in [9.17, 15) is 21.6 Å². The van der Waals surface area contributed by atoms with Crippen LogP contribution < -0.4 is 28.6 Å². The Labute approximate surface area is 221 Å². The van der Waals surface area contributed by atoms with Gasteiger partial charge in [-0.2, -0.15) is 0 Å². The highest BCUT2D eigenvalue weighted by Crippen LogP contribution is 2.36. The second-order valence-corrected chi connectivity index (χ2v) is 12.2. The van der Waals surface area contributed by atoms with Gasteiger partial charge in [-0.05, 0) is 67.9 Å². The molecule has 2 N–H and O–H groups in total. The monoisotopic (exact) mass is 561 g/mol. The number of rotatable bonds is 10. The third kappa shape index (κ3) is 5.94. The summed E-state index contributed by atoms with van der Waals surface area (Å²) in [7, 11) is -6.30. The normalized spacial score (nSPS) is 12.6. The Balaban J connectivity index is 1.48. The van der Waals surface area contributed by atoms with E-state index < -0.39 is 32.5 Å². The number of benzene rings is 3. The average molecular weight is 562 g/mol. The molecule has 3 aromatic rings. The molecule has 0 aliphatic carbocycles. The Hall–Kier alpha value is -3.97. The van der Waals surface area contributed by atoms with E-state index in [-0.39, 0.29) is 23.1 Å². The van der Waals surface area contributed by atoms with E-state index in [1.807, 2.05) is 6.92 Å². The van der Waals surface area contributed by atoms with E-state index >= 15 is 0 Å². The number of hydrogen-bond acceptors (Lipinski definition) is 8. The van der Waals surface area contributed by atoms with Crippen molar-refractivity contribution in [3.05, 3.63) is 66.2 Å². The van der Waals surface area contributed by atoms with E-state index in [2.05, 4.69) is 10.0 Å². The van der Waals surface area contributed by atoms with Crippen LogP contribution in [-0.4, -0.2) is 48.9 Å². The maximum Gasteiger partial charge on any atom is 0.262 e. The summed E-state index contributed by atoms with van der Waals surface area (Å²) in [5.41, 5.74) is 1.69. The third-order valence-electron chi connectivity index (χ3n) is 5.68. The van der Waals surface area contributed by atoms with Gasteiger partial charge in [0.2, 0.25) is 22.7 Å². The summed E-state index contributed by atoms with van der Waals surface area (Å²) in [6.45, 7) is 2.84. The lowest BCUT2D eigenvalue weighted by Crippen LogP contribution is -2.39. The fourth-order valence-corrected chi connectivity index (χ4v) is 5.82. The molecule has 202 valence electrons. The largest absolute Gasteiger partial charge is 0.495 e. The van der Waals surface area contributed by atoms with Crippen LogP contribution >= 0.6 is 0 Å². The number of sulfonamides is 2. The molecule has 0 saturated heterocycles. The summed E-state index contributed by atoms with van der Waals surface area (Å²) in [4.78, 5) is 12.8. The molecule has 0 spiro atoms. The molecular formula is C25H27N3O8S2. The van der Waals surface area contributed by atoms with Crippen LogP contribution in [0.4, 0.5) is 17.1 Å². The van der Waals surface area contributed by atoms with Crippen LogP contribution in [0.3, 0.4) is 0 Å². The minimum atomic E-state index is -3.94. The number of methoxy groups -OCH3 is 1. The van der Waals surface area contributed by atoms with Crippen molar-refractivity contribution < 1.29 is 35.8 Å². The standard InChI is InChI=1S/C25H27N3O8S2/c1-4-37(30,31)28(19-8-12-23-24(14-19)36-16-35-23)15-25(29)26-18-6-9-20(10-7-18)38(32,33)27-21-13-17(2)5-11-22(21)34-3/h5-14,27H,4,15-16H2,1-3H3,(H,26,29). The molecule has 1 amide bonds. The predicted molar refractivity (Wildman–Crippen MR) is 143 cm³/mol. The van der Waals surface area contributed by atoms with E-state index in [4.69, 9.17) is 14.2 Å². The van der Waals surface area contributed by atoms with Gasteiger partial charge in [-0.3, -0.25) is 13.8 Å². The Morgan fingerprint density at radius 1 is 0.974 bits per heavy atom. The minimum Gasteiger partial charge on any atom is -0.495 e. The van der Waals surface area contributed by atoms with Crippen molar-refractivity contribution in [2.45, 2.75) is 18.7 Å². The molecule has 4 rings (SSSR count). The van der Waals surface area contributed by atoms with Crippen LogP contribution in [0.15, 0.2) is 65.6 Å². The topological polar surface area (TPSA) is 140 Å². The van der Waals surface area contributed by atoms with Gasteiger partial charge in [-0.15, -0.1) is 0 Å². The number of carbonyl (C=O) groups is 1. The second-order valence-electron chi connectivity index (χ2n) is 8.33. The maximum absolute atomic E-state index is 12.9. The fraction of sp³-hybridized carbons (Fsp3) is 0.240. The first-order valence-electron chi connectivity index (χ1n) is 11.5. The van der Waals surface area contributed by atoms with Crippen LogP contribution in [0, 0.1) is 6.92 Å². The number of aryl methyl sites for hydroxylation is 1. The fourth-order valence-electron chi connectivity index (χ4n) is 3.70. The van der Waals surface area contributed by atoms with E-state index in [1.54, 1.807) is 24.3 Å². The molecule has 0 unspecified atom stereocenters. The highest BCUT2D eigenvalue weighted by Gasteiger charge is 2.26. The molecule has 0 aromatic heterocycles. The zero-order valence-corrected chi connectivity index (χ0v) is 22.6. The summed E-state index contributed by atoms with van der Waals surface area (Å²) in [6.07, 6.45) is 0. The first-order chi connectivity index (χ1) is 18.0. The van der Waals surface area contributed by atoms with Gasteiger partial charge < -0.3 is 19.5 Å². The molecule has 0 bridgehead atoms. The highest BCUT2D eigenvalue weighted by atomic mass is 32.2. The minimum absolute atomic E-state index is 0.0274. The van der Waals surface area contributed by atoms with Crippen molar-refractivity contribution in [2.24, 2.45) is 0 Å². The number of amides is 1. The molecule has 11 nitrogen and oxygen atoms in total. The summed E-state index contributed by atoms with van der Waals surface area (Å²) >= 11 is 0. The number of hydrogen-bond donors (Lipinski definition) is 2. The Morgan fingerprint density at radius 3 is 2.37 bits per heavy atom. The molecule has 1 aliphatic heterocycles. The lowest BCUT2D eigenvalue weighted by molar-refractivity contribution is -0.114. The van der Waals surface area contributed by atoms with Crippen LogP contribution in [0.2, 0.25) is 0 Å². The third-order valence-corrected chi connectivity index (χ3v) is 8.80. The lowest BCUT2D eigenvalue weighted by atomic mass is 10.2. The summed E-state index contributed by atoms with van der Waals surface area (Å²) in [5, 5.41) is 2.61. The van der Waals surface area contributed by atoms with Gasteiger partial charge in [0.1, 0.15) is 12.3 Å². The van der Waals surface area contributed by atoms with Crippen LogP contribution in [0.25, 0.3) is 0 Å². The van der Waals surface area contributed by atoms with Gasteiger partial charge >= 0.3 is 0 Å². The van der Waals surface area contributed by atoms with Crippen molar-refractivity contribution >= 4 is 43.0 Å². The molecule has 3 aromatic carbocycles. The first kappa shape index (κ1) is 27.1. The summed E-state index contributed by atoms with van der Waals surface area (Å²) < 4.78 is 70.6. The van der Waals surface area contributed by atoms with Crippen molar-refractivity contribution in [3.63, 3.8) is 0 Å². The molecule has 0 fully saturated rings. The average Bonchev–Trinajstić information content (AvgIpc) is 3.35. The molecule has 0 radical (unpaired) electrons. The summed E-state index contributed by atoms with van der Waals surface area (Å²) in [5.74, 6) is 0.403. The van der Waals surface area contributed by atoms with Gasteiger partial charge in [-0.25, -0.2) is 16.8 Å². The van der Waals surface area contributed by atoms with Gasteiger partial charge in [0.05, 0.1) is 29.1 Å². The number of anilines is 3. The number of fused-ring (bicyclic) bond motifs is 1. The predicted octanol–water partition coefficient (Wildman–Crippen LogP) is 3.33. The molecule has 38 heavy (non-hydrogen) atoms. The zero-order valence-electron chi connectivity index (χ0n) is 20.9. The first-order valence-corrected chi connectivity index (χ1v) is 14.6. The molecular weight excluding hydrogens is 534 g/mol. The Bertz CT molecular complexity index is 1560. The van der Waals surface area contributed by atoms with Crippen LogP contribution in [-0.2, 0) is 24.8 Å². The smallest absolute Gasteiger partial charge is 0.262 e.